The van der Waals surface area contributed by atoms with E-state index < -0.39 is 6.04 Å². The van der Waals surface area contributed by atoms with Crippen molar-refractivity contribution in [2.24, 2.45) is 0 Å². The molecule has 4 nitrogen and oxygen atoms in total. The predicted octanol–water partition coefficient (Wildman–Crippen LogP) is 7.46. The van der Waals surface area contributed by atoms with Crippen molar-refractivity contribution < 1.29 is 14.7 Å². The minimum atomic E-state index is -0.498. The Morgan fingerprint density at radius 1 is 0.879 bits per heavy atom. The molecule has 0 bridgehead atoms. The van der Waals surface area contributed by atoms with E-state index in [1.54, 1.807) is 24.3 Å². The van der Waals surface area contributed by atoms with Gasteiger partial charge in [-0.2, -0.15) is 0 Å². The lowest BCUT2D eigenvalue weighted by molar-refractivity contribution is -0.126. The fourth-order valence-corrected chi connectivity index (χ4v) is 4.36. The Labute approximate surface area is 215 Å². The van der Waals surface area contributed by atoms with Crippen molar-refractivity contribution >= 4 is 34.3 Å². The molecule has 0 unspecified atom stereocenters. The largest absolute Gasteiger partial charge is 0.508 e. The summed E-state index contributed by atoms with van der Waals surface area (Å²) in [5, 5.41) is 12.3. The molecule has 1 aromatic carbocycles. The summed E-state index contributed by atoms with van der Waals surface area (Å²) in [7, 11) is 0. The molecule has 0 aromatic heterocycles. The minimum Gasteiger partial charge on any atom is -0.508 e. The lowest BCUT2D eigenvalue weighted by Crippen LogP contribution is -2.42. The van der Waals surface area contributed by atoms with Crippen LogP contribution in [0.3, 0.4) is 0 Å². The van der Waals surface area contributed by atoms with Crippen LogP contribution in [0.2, 0.25) is 0 Å². The molecule has 0 heterocycles. The van der Waals surface area contributed by atoms with Crippen LogP contribution in [-0.2, 0) is 16.0 Å². The number of rotatable bonds is 20. The number of aromatic hydroxyl groups is 1. The molecule has 5 heteroatoms. The molecule has 33 heavy (non-hydrogen) atoms. The molecule has 0 fully saturated rings. The first kappa shape index (κ1) is 29.7. The van der Waals surface area contributed by atoms with Crippen LogP contribution in [-0.4, -0.2) is 27.3 Å². The number of halogens is 1. The molecule has 1 aromatic rings. The zero-order valence-electron chi connectivity index (χ0n) is 20.5. The average molecular weight is 570 g/mol. The summed E-state index contributed by atoms with van der Waals surface area (Å²) in [6.07, 6.45) is 21.6. The fourth-order valence-electron chi connectivity index (χ4n) is 3.83. The molecule has 0 spiro atoms. The van der Waals surface area contributed by atoms with Crippen molar-refractivity contribution in [2.45, 2.75) is 109 Å². The monoisotopic (exact) mass is 569 g/mol. The number of hydrogen-bond acceptors (Lipinski definition) is 3. The number of allylic oxidation sites excluding steroid dienone is 2. The van der Waals surface area contributed by atoms with Gasteiger partial charge in [-0.1, -0.05) is 105 Å². The standard InChI is InChI=1S/C28H44INO3/c1-2-3-4-5-6-7-8-9-10-11-12-13-14-15-16-17-28(33)30-26(27(32)23-29)22-24-18-20-25(31)21-19-24/h9-10,18-21,26,31H,2-8,11-17,22-23H2,1H3,(H,30,33)/b10-9-/t26-/m0/s1. The highest BCUT2D eigenvalue weighted by molar-refractivity contribution is 14.1. The summed E-state index contributed by atoms with van der Waals surface area (Å²) < 4.78 is 0.369. The molecule has 2 N–H and O–H groups in total. The van der Waals surface area contributed by atoms with Crippen molar-refractivity contribution in [3.63, 3.8) is 0 Å². The highest BCUT2D eigenvalue weighted by Gasteiger charge is 2.20. The SMILES string of the molecule is CCCCCCCC/C=C\CCCCCCCC(=O)N[C@@H](Cc1ccc(O)cc1)C(=O)CI. The van der Waals surface area contributed by atoms with E-state index in [9.17, 15) is 14.7 Å². The quantitative estimate of drug-likeness (QED) is 0.0742. The van der Waals surface area contributed by atoms with E-state index in [1.807, 2.05) is 22.6 Å². The van der Waals surface area contributed by atoms with Gasteiger partial charge in [-0.05, 0) is 56.2 Å². The number of phenols is 1. The number of carbonyl (C=O) groups excluding carboxylic acids is 2. The summed E-state index contributed by atoms with van der Waals surface area (Å²) in [4.78, 5) is 24.6. The normalized spacial score (nSPS) is 12.2. The molecule has 0 saturated carbocycles. The number of phenolic OH excluding ortho intramolecular Hbond substituents is 1. The first-order chi connectivity index (χ1) is 16.1. The minimum absolute atomic E-state index is 0.0292. The number of carbonyl (C=O) groups is 2. The number of alkyl halides is 1. The Kier molecular flexibility index (Phi) is 18.0. The summed E-state index contributed by atoms with van der Waals surface area (Å²) in [6, 6.07) is 6.29. The molecule has 0 radical (unpaired) electrons. The summed E-state index contributed by atoms with van der Waals surface area (Å²) in [6.45, 7) is 2.26. The Bertz CT molecular complexity index is 672. The molecule has 1 atom stereocenters. The van der Waals surface area contributed by atoms with Gasteiger partial charge in [0.2, 0.25) is 5.91 Å². The van der Waals surface area contributed by atoms with Gasteiger partial charge < -0.3 is 10.4 Å². The van der Waals surface area contributed by atoms with E-state index >= 15 is 0 Å². The average Bonchev–Trinajstić information content (AvgIpc) is 2.82. The van der Waals surface area contributed by atoms with Gasteiger partial charge in [0.05, 0.1) is 10.5 Å². The Balaban J connectivity index is 2.09. The lowest BCUT2D eigenvalue weighted by Gasteiger charge is -2.17. The van der Waals surface area contributed by atoms with Crippen LogP contribution >= 0.6 is 22.6 Å². The zero-order chi connectivity index (χ0) is 24.2. The van der Waals surface area contributed by atoms with E-state index in [4.69, 9.17) is 0 Å². The zero-order valence-corrected chi connectivity index (χ0v) is 22.7. The highest BCUT2D eigenvalue weighted by Crippen LogP contribution is 2.13. The molecule has 0 saturated heterocycles. The summed E-state index contributed by atoms with van der Waals surface area (Å²) in [5.41, 5.74) is 0.928. The fraction of sp³-hybridized carbons (Fsp3) is 0.643. The molecular formula is C28H44INO3. The molecule has 0 aliphatic carbocycles. The van der Waals surface area contributed by atoms with Gasteiger partial charge in [-0.3, -0.25) is 9.59 Å². The van der Waals surface area contributed by atoms with Gasteiger partial charge >= 0.3 is 0 Å². The third-order valence-corrected chi connectivity index (χ3v) is 6.65. The molecule has 186 valence electrons. The van der Waals surface area contributed by atoms with Gasteiger partial charge in [-0.25, -0.2) is 0 Å². The van der Waals surface area contributed by atoms with E-state index in [0.717, 1.165) is 31.2 Å². The summed E-state index contributed by atoms with van der Waals surface area (Å²) >= 11 is 2.04. The second kappa shape index (κ2) is 20.0. The molecule has 0 aliphatic heterocycles. The van der Waals surface area contributed by atoms with E-state index in [0.29, 0.717) is 17.3 Å². The van der Waals surface area contributed by atoms with Crippen molar-refractivity contribution in [3.05, 3.63) is 42.0 Å². The van der Waals surface area contributed by atoms with Crippen LogP contribution in [0.15, 0.2) is 36.4 Å². The number of Topliss-reactive ketones (excluding diaryl/α,β-unsaturated/α-hetero) is 1. The van der Waals surface area contributed by atoms with Gasteiger partial charge in [0.15, 0.2) is 5.78 Å². The molecule has 1 amide bonds. The highest BCUT2D eigenvalue weighted by atomic mass is 127. The van der Waals surface area contributed by atoms with Crippen molar-refractivity contribution in [3.8, 4) is 5.75 Å². The maximum absolute atomic E-state index is 12.3. The summed E-state index contributed by atoms with van der Waals surface area (Å²) in [5.74, 6) is 0.180. The van der Waals surface area contributed by atoms with Crippen molar-refractivity contribution in [2.75, 3.05) is 4.43 Å². The predicted molar refractivity (Wildman–Crippen MR) is 147 cm³/mol. The van der Waals surface area contributed by atoms with Crippen molar-refractivity contribution in [1.29, 1.82) is 0 Å². The smallest absolute Gasteiger partial charge is 0.220 e. The van der Waals surface area contributed by atoms with Crippen molar-refractivity contribution in [1.82, 2.24) is 5.32 Å². The number of benzene rings is 1. The number of amides is 1. The third kappa shape index (κ3) is 16.0. The van der Waals surface area contributed by atoms with E-state index in [2.05, 4.69) is 24.4 Å². The maximum atomic E-state index is 12.3. The third-order valence-electron chi connectivity index (χ3n) is 5.90. The van der Waals surface area contributed by atoms with Gasteiger partial charge in [0.1, 0.15) is 5.75 Å². The lowest BCUT2D eigenvalue weighted by atomic mass is 10.0. The second-order valence-corrected chi connectivity index (χ2v) is 9.69. The Hall–Kier alpha value is -1.37. The Morgan fingerprint density at radius 2 is 1.42 bits per heavy atom. The van der Waals surface area contributed by atoms with Crippen LogP contribution in [0.1, 0.15) is 102 Å². The first-order valence-corrected chi connectivity index (χ1v) is 14.4. The first-order valence-electron chi connectivity index (χ1n) is 12.9. The van der Waals surface area contributed by atoms with Crippen LogP contribution in [0, 0.1) is 0 Å². The molecular weight excluding hydrogens is 525 g/mol. The van der Waals surface area contributed by atoms with Gasteiger partial charge in [0, 0.05) is 6.42 Å². The maximum Gasteiger partial charge on any atom is 0.220 e. The number of unbranched alkanes of at least 4 members (excludes halogenated alkanes) is 11. The molecule has 1 rings (SSSR count). The van der Waals surface area contributed by atoms with Crippen LogP contribution in [0.5, 0.6) is 5.75 Å². The van der Waals surface area contributed by atoms with Crippen LogP contribution in [0.4, 0.5) is 0 Å². The van der Waals surface area contributed by atoms with Gasteiger partial charge in [-0.15, -0.1) is 0 Å². The molecule has 0 aliphatic rings. The number of ketones is 1. The number of nitrogens with one attached hydrogen (secondary N) is 1. The van der Waals surface area contributed by atoms with Crippen LogP contribution in [0.25, 0.3) is 0 Å². The van der Waals surface area contributed by atoms with Gasteiger partial charge in [0.25, 0.3) is 0 Å². The van der Waals surface area contributed by atoms with E-state index in [1.165, 1.54) is 57.8 Å². The topological polar surface area (TPSA) is 66.4 Å². The van der Waals surface area contributed by atoms with E-state index in [-0.39, 0.29) is 17.4 Å². The number of hydrogen-bond donors (Lipinski definition) is 2. The van der Waals surface area contributed by atoms with Crippen LogP contribution < -0.4 is 5.32 Å². The second-order valence-electron chi connectivity index (χ2n) is 8.92. The Morgan fingerprint density at radius 3 is 2.00 bits per heavy atom.